The van der Waals surface area contributed by atoms with Gasteiger partial charge in [0.25, 0.3) is 0 Å². The Labute approximate surface area is 114 Å². The van der Waals surface area contributed by atoms with Gasteiger partial charge in [-0.3, -0.25) is 4.98 Å². The van der Waals surface area contributed by atoms with Crippen LogP contribution in [0.2, 0.25) is 10.0 Å². The third-order valence-corrected chi connectivity index (χ3v) is 2.68. The molecule has 0 bridgehead atoms. The second kappa shape index (κ2) is 8.32. The second-order valence-electron chi connectivity index (χ2n) is 2.92. The number of rotatable bonds is 0. The summed E-state index contributed by atoms with van der Waals surface area (Å²) in [6, 6.07) is 5.51. The fourth-order valence-electron chi connectivity index (χ4n) is 1.23. The lowest BCUT2D eigenvalue weighted by atomic mass is 10.2. The molecule has 0 saturated heterocycles. The summed E-state index contributed by atoms with van der Waals surface area (Å²) in [5.74, 6) is 0. The third-order valence-electron chi connectivity index (χ3n) is 1.94. The zero-order valence-electron chi connectivity index (χ0n) is 11.0. The van der Waals surface area contributed by atoms with Crippen LogP contribution in [0.15, 0.2) is 24.4 Å². The molecule has 0 spiro atoms. The van der Waals surface area contributed by atoms with Crippen LogP contribution in [0.25, 0.3) is 10.9 Å². The second-order valence-corrected chi connectivity index (χ2v) is 3.73. The largest absolute Gasteiger partial charge is 0.256 e. The van der Waals surface area contributed by atoms with Gasteiger partial charge >= 0.3 is 0 Å². The lowest BCUT2D eigenvalue weighted by molar-refractivity contribution is 1.33. The average Bonchev–Trinajstić information content (AvgIpc) is 2.39. The molecule has 1 aromatic carbocycles. The van der Waals surface area contributed by atoms with Gasteiger partial charge in [0.05, 0.1) is 10.5 Å². The Morgan fingerprint density at radius 3 is 2.18 bits per heavy atom. The van der Waals surface area contributed by atoms with Gasteiger partial charge in [-0.2, -0.15) is 0 Å². The van der Waals surface area contributed by atoms with Crippen LogP contribution in [0.4, 0.5) is 0 Å². The molecule has 0 saturated carbocycles. The van der Waals surface area contributed by atoms with E-state index in [0.29, 0.717) is 5.02 Å². The van der Waals surface area contributed by atoms with E-state index in [4.69, 9.17) is 23.2 Å². The van der Waals surface area contributed by atoms with Crippen LogP contribution in [0.1, 0.15) is 33.3 Å². The van der Waals surface area contributed by atoms with E-state index in [2.05, 4.69) is 4.98 Å². The molecule has 0 amide bonds. The Hall–Kier alpha value is -0.790. The smallest absolute Gasteiger partial charge is 0.0731 e. The van der Waals surface area contributed by atoms with E-state index in [9.17, 15) is 0 Å². The Bertz CT molecular complexity index is 467. The molecule has 0 atom stereocenters. The van der Waals surface area contributed by atoms with Gasteiger partial charge < -0.3 is 0 Å². The molecule has 0 N–H and O–H groups in total. The van der Waals surface area contributed by atoms with Crippen LogP contribution in [0.5, 0.6) is 0 Å². The highest BCUT2D eigenvalue weighted by Crippen LogP contribution is 2.26. The summed E-state index contributed by atoms with van der Waals surface area (Å²) < 4.78 is 0. The summed E-state index contributed by atoms with van der Waals surface area (Å²) >= 11 is 11.9. The summed E-state index contributed by atoms with van der Waals surface area (Å²) in [5, 5.41) is 2.38. The number of aromatic nitrogens is 1. The Kier molecular flexibility index (Phi) is 7.94. The monoisotopic (exact) mass is 271 g/mol. The summed E-state index contributed by atoms with van der Waals surface area (Å²) in [7, 11) is 0. The fraction of sp³-hybridized carbons (Fsp3) is 0.357. The van der Waals surface area contributed by atoms with Crippen molar-refractivity contribution in [1.29, 1.82) is 0 Å². The van der Waals surface area contributed by atoms with E-state index < -0.39 is 0 Å². The van der Waals surface area contributed by atoms with Crippen LogP contribution in [0.3, 0.4) is 0 Å². The minimum Gasteiger partial charge on any atom is -0.256 e. The zero-order valence-corrected chi connectivity index (χ0v) is 12.5. The van der Waals surface area contributed by atoms with Crippen LogP contribution in [0, 0.1) is 6.92 Å². The van der Waals surface area contributed by atoms with Crippen LogP contribution >= 0.6 is 23.2 Å². The Morgan fingerprint density at radius 1 is 1.00 bits per heavy atom. The number of aryl methyl sites for hydroxylation is 1. The molecule has 1 nitrogen and oxygen atoms in total. The number of halogens is 2. The van der Waals surface area contributed by atoms with Crippen molar-refractivity contribution in [3.05, 3.63) is 40.0 Å². The first-order valence-electron chi connectivity index (χ1n) is 5.89. The number of fused-ring (bicyclic) bond motifs is 1. The van der Waals surface area contributed by atoms with Crippen molar-refractivity contribution in [3.8, 4) is 0 Å². The van der Waals surface area contributed by atoms with Crippen molar-refractivity contribution in [2.75, 3.05) is 0 Å². The van der Waals surface area contributed by atoms with Crippen LogP contribution in [-0.4, -0.2) is 4.98 Å². The predicted molar refractivity (Wildman–Crippen MR) is 79.2 cm³/mol. The van der Waals surface area contributed by atoms with Gasteiger partial charge in [-0.25, -0.2) is 0 Å². The molecular formula is C14H19Cl2N. The Balaban J connectivity index is 0.000000581. The molecule has 17 heavy (non-hydrogen) atoms. The van der Waals surface area contributed by atoms with Crippen molar-refractivity contribution in [2.24, 2.45) is 0 Å². The molecule has 2 rings (SSSR count). The predicted octanol–water partition coefficient (Wildman–Crippen LogP) is 5.90. The molecule has 0 unspecified atom stereocenters. The highest BCUT2D eigenvalue weighted by molar-refractivity contribution is 6.36. The molecule has 1 heterocycles. The molecule has 3 heteroatoms. The highest BCUT2D eigenvalue weighted by Gasteiger charge is 2.03. The molecule has 1 aromatic heterocycles. The molecule has 0 aliphatic heterocycles. The lowest BCUT2D eigenvalue weighted by Crippen LogP contribution is -1.83. The average molecular weight is 272 g/mol. The maximum atomic E-state index is 6.10. The first-order valence-corrected chi connectivity index (χ1v) is 6.64. The summed E-state index contributed by atoms with van der Waals surface area (Å²) in [4.78, 5) is 4.23. The maximum absolute atomic E-state index is 6.10. The molecule has 94 valence electrons. The highest BCUT2D eigenvalue weighted by atomic mass is 35.5. The fourth-order valence-corrected chi connectivity index (χ4v) is 1.61. The number of benzene rings is 1. The molecular weight excluding hydrogens is 253 g/mol. The van der Waals surface area contributed by atoms with E-state index in [1.165, 1.54) is 0 Å². The van der Waals surface area contributed by atoms with Crippen LogP contribution in [-0.2, 0) is 0 Å². The number of hydrogen-bond acceptors (Lipinski definition) is 1. The van der Waals surface area contributed by atoms with Crippen molar-refractivity contribution >= 4 is 34.1 Å². The summed E-state index contributed by atoms with van der Waals surface area (Å²) in [6.07, 6.45) is 1.75. The normalized spacial score (nSPS) is 8.88. The number of nitrogens with zero attached hydrogens (tertiary/aromatic N) is 1. The van der Waals surface area contributed by atoms with E-state index in [0.717, 1.165) is 21.5 Å². The third kappa shape index (κ3) is 4.18. The van der Waals surface area contributed by atoms with Crippen molar-refractivity contribution < 1.29 is 0 Å². The van der Waals surface area contributed by atoms with Crippen molar-refractivity contribution in [1.82, 2.24) is 4.98 Å². The SMILES string of the molecule is CC.CC.Cc1cnc2cc(Cl)ccc2c1Cl. The first kappa shape index (κ1) is 16.2. The van der Waals surface area contributed by atoms with E-state index in [-0.39, 0.29) is 0 Å². The lowest BCUT2D eigenvalue weighted by Gasteiger charge is -2.02. The minimum atomic E-state index is 0.680. The molecule has 0 fully saturated rings. The standard InChI is InChI=1S/C10H7Cl2N.2C2H6/c1-6-5-13-9-4-7(11)2-3-8(9)10(6)12;2*1-2/h2-5H,1H3;2*1-2H3. The number of pyridine rings is 1. The zero-order chi connectivity index (χ0) is 13.4. The molecule has 2 aromatic rings. The van der Waals surface area contributed by atoms with E-state index in [1.807, 2.05) is 52.8 Å². The quantitative estimate of drug-likeness (QED) is 0.581. The van der Waals surface area contributed by atoms with E-state index in [1.54, 1.807) is 6.20 Å². The summed E-state index contributed by atoms with van der Waals surface area (Å²) in [6.45, 7) is 9.93. The van der Waals surface area contributed by atoms with Crippen molar-refractivity contribution in [2.45, 2.75) is 34.6 Å². The molecule has 0 aliphatic carbocycles. The van der Waals surface area contributed by atoms with Crippen molar-refractivity contribution in [3.63, 3.8) is 0 Å². The molecule has 0 radical (unpaired) electrons. The van der Waals surface area contributed by atoms with Gasteiger partial charge in [0.1, 0.15) is 0 Å². The van der Waals surface area contributed by atoms with Gasteiger partial charge in [0.2, 0.25) is 0 Å². The molecule has 0 aliphatic rings. The maximum Gasteiger partial charge on any atom is 0.0731 e. The van der Waals surface area contributed by atoms with E-state index >= 15 is 0 Å². The topological polar surface area (TPSA) is 12.9 Å². The van der Waals surface area contributed by atoms with Gasteiger partial charge in [0.15, 0.2) is 0 Å². The van der Waals surface area contributed by atoms with Crippen LogP contribution < -0.4 is 0 Å². The van der Waals surface area contributed by atoms with Gasteiger partial charge in [0, 0.05) is 16.6 Å². The van der Waals surface area contributed by atoms with Gasteiger partial charge in [-0.05, 0) is 30.7 Å². The minimum absolute atomic E-state index is 0.680. The Morgan fingerprint density at radius 2 is 1.59 bits per heavy atom. The van der Waals surface area contributed by atoms with Gasteiger partial charge in [-0.15, -0.1) is 0 Å². The number of hydrogen-bond donors (Lipinski definition) is 0. The van der Waals surface area contributed by atoms with Gasteiger partial charge in [-0.1, -0.05) is 50.9 Å². The first-order chi connectivity index (χ1) is 8.18. The summed E-state index contributed by atoms with van der Waals surface area (Å²) in [5.41, 5.74) is 1.82.